The van der Waals surface area contributed by atoms with Crippen molar-refractivity contribution in [1.82, 2.24) is 0 Å². The van der Waals surface area contributed by atoms with Gasteiger partial charge >= 0.3 is 0 Å². The van der Waals surface area contributed by atoms with Crippen molar-refractivity contribution in [2.24, 2.45) is 0 Å². The highest BCUT2D eigenvalue weighted by molar-refractivity contribution is 9.11. The normalized spacial score (nSPS) is 10.6. The number of rotatable bonds is 8. The molecule has 4 aromatic carbocycles. The Morgan fingerprint density at radius 2 is 1.34 bits per heavy atom. The molecule has 4 rings (SSSR count). The molecule has 0 heterocycles. The van der Waals surface area contributed by atoms with E-state index >= 15 is 0 Å². The van der Waals surface area contributed by atoms with Gasteiger partial charge in [0, 0.05) is 12.2 Å². The molecule has 0 bridgehead atoms. The van der Waals surface area contributed by atoms with Crippen LogP contribution in [0.4, 0.5) is 5.69 Å². The molecular weight excluding hydrogens is 530 g/mol. The lowest BCUT2D eigenvalue weighted by Crippen LogP contribution is -2.01. The molecule has 1 N–H and O–H groups in total. The zero-order chi connectivity index (χ0) is 22.3. The fraction of sp³-hybridized carbons (Fsp3) is 0.111. The van der Waals surface area contributed by atoms with Crippen molar-refractivity contribution in [3.63, 3.8) is 0 Å². The molecule has 162 valence electrons. The highest BCUT2D eigenvalue weighted by atomic mass is 79.9. The van der Waals surface area contributed by atoms with Crippen LogP contribution in [0.15, 0.2) is 99.9 Å². The molecule has 0 amide bonds. The lowest BCUT2D eigenvalue weighted by Gasteiger charge is -2.14. The molecule has 3 nitrogen and oxygen atoms in total. The van der Waals surface area contributed by atoms with Crippen LogP contribution in [0.2, 0.25) is 0 Å². The number of aryl methyl sites for hydroxylation is 1. The van der Waals surface area contributed by atoms with Gasteiger partial charge in [-0.2, -0.15) is 0 Å². The van der Waals surface area contributed by atoms with Crippen LogP contribution in [0, 0.1) is 6.92 Å². The van der Waals surface area contributed by atoms with Gasteiger partial charge in [-0.05, 0) is 98.4 Å². The van der Waals surface area contributed by atoms with E-state index in [9.17, 15) is 0 Å². The summed E-state index contributed by atoms with van der Waals surface area (Å²) in [6.07, 6.45) is 0. The van der Waals surface area contributed by atoms with Crippen molar-refractivity contribution in [1.29, 1.82) is 0 Å². The average Bonchev–Trinajstić information content (AvgIpc) is 2.80. The first-order valence-corrected chi connectivity index (χ1v) is 11.9. The fourth-order valence-corrected chi connectivity index (χ4v) is 4.67. The fourth-order valence-electron chi connectivity index (χ4n) is 3.16. The standard InChI is InChI=1S/C27H23Br2NO2/c1-19-7-9-20(10-8-19)18-31-27-25(28)15-21(16-26(27)29)17-30-22-11-13-24(14-12-22)32-23-5-3-2-4-6-23/h2-16,30H,17-18H2,1H3. The number of hydrogen-bond acceptors (Lipinski definition) is 3. The molecule has 0 aliphatic heterocycles. The maximum atomic E-state index is 6.05. The number of nitrogens with one attached hydrogen (secondary N) is 1. The van der Waals surface area contributed by atoms with Crippen LogP contribution in [-0.2, 0) is 13.2 Å². The largest absolute Gasteiger partial charge is 0.487 e. The van der Waals surface area contributed by atoms with E-state index in [1.54, 1.807) is 0 Å². The van der Waals surface area contributed by atoms with Crippen molar-refractivity contribution in [3.8, 4) is 17.2 Å². The van der Waals surface area contributed by atoms with Crippen LogP contribution < -0.4 is 14.8 Å². The summed E-state index contributed by atoms with van der Waals surface area (Å²) in [5, 5.41) is 3.45. The number of benzene rings is 4. The maximum absolute atomic E-state index is 6.05. The second-order valence-electron chi connectivity index (χ2n) is 7.46. The molecule has 4 aromatic rings. The first-order valence-electron chi connectivity index (χ1n) is 10.3. The van der Waals surface area contributed by atoms with E-state index in [1.807, 2.05) is 54.6 Å². The van der Waals surface area contributed by atoms with E-state index in [0.29, 0.717) is 13.2 Å². The SMILES string of the molecule is Cc1ccc(COc2c(Br)cc(CNc3ccc(Oc4ccccc4)cc3)cc2Br)cc1. The van der Waals surface area contributed by atoms with Crippen molar-refractivity contribution in [2.75, 3.05) is 5.32 Å². The number of para-hydroxylation sites is 1. The first kappa shape index (κ1) is 22.4. The molecule has 32 heavy (non-hydrogen) atoms. The Balaban J connectivity index is 1.34. The van der Waals surface area contributed by atoms with Gasteiger partial charge < -0.3 is 14.8 Å². The molecule has 0 saturated heterocycles. The third-order valence-electron chi connectivity index (χ3n) is 4.89. The molecule has 5 heteroatoms. The van der Waals surface area contributed by atoms with Crippen LogP contribution in [0.5, 0.6) is 17.2 Å². The monoisotopic (exact) mass is 551 g/mol. The Labute approximate surface area is 205 Å². The summed E-state index contributed by atoms with van der Waals surface area (Å²) in [6.45, 7) is 3.29. The summed E-state index contributed by atoms with van der Waals surface area (Å²) < 4.78 is 13.7. The number of halogens is 2. The zero-order valence-electron chi connectivity index (χ0n) is 17.6. The second kappa shape index (κ2) is 10.7. The molecule has 0 aromatic heterocycles. The van der Waals surface area contributed by atoms with Gasteiger partial charge in [-0.25, -0.2) is 0 Å². The molecule has 0 aliphatic carbocycles. The molecule has 0 saturated carbocycles. The third kappa shape index (κ3) is 6.15. The van der Waals surface area contributed by atoms with Gasteiger partial charge in [0.05, 0.1) is 8.95 Å². The van der Waals surface area contributed by atoms with Crippen LogP contribution >= 0.6 is 31.9 Å². The highest BCUT2D eigenvalue weighted by Gasteiger charge is 2.10. The second-order valence-corrected chi connectivity index (χ2v) is 9.16. The smallest absolute Gasteiger partial charge is 0.148 e. The maximum Gasteiger partial charge on any atom is 0.148 e. The topological polar surface area (TPSA) is 30.5 Å². The lowest BCUT2D eigenvalue weighted by atomic mass is 10.2. The summed E-state index contributed by atoms with van der Waals surface area (Å²) in [5.41, 5.74) is 4.54. The molecule has 0 radical (unpaired) electrons. The van der Waals surface area contributed by atoms with Gasteiger partial charge in [-0.3, -0.25) is 0 Å². The zero-order valence-corrected chi connectivity index (χ0v) is 20.8. The van der Waals surface area contributed by atoms with Gasteiger partial charge in [0.1, 0.15) is 23.9 Å². The predicted molar refractivity (Wildman–Crippen MR) is 138 cm³/mol. The average molecular weight is 553 g/mol. The molecule has 0 spiro atoms. The highest BCUT2D eigenvalue weighted by Crippen LogP contribution is 2.35. The number of hydrogen-bond donors (Lipinski definition) is 1. The Hall–Kier alpha value is -2.76. The summed E-state index contributed by atoms with van der Waals surface area (Å²) in [7, 11) is 0. The van der Waals surface area contributed by atoms with Crippen LogP contribution in [0.3, 0.4) is 0 Å². The Bertz CT molecular complexity index is 1140. The van der Waals surface area contributed by atoms with Crippen LogP contribution in [-0.4, -0.2) is 0 Å². The molecule has 0 atom stereocenters. The summed E-state index contributed by atoms with van der Waals surface area (Å²) in [6, 6.07) is 30.2. The van der Waals surface area contributed by atoms with Crippen molar-refractivity contribution in [2.45, 2.75) is 20.1 Å². The van der Waals surface area contributed by atoms with Crippen LogP contribution in [0.1, 0.15) is 16.7 Å². The minimum atomic E-state index is 0.520. The van der Waals surface area contributed by atoms with Gasteiger partial charge in [0.25, 0.3) is 0 Å². The number of ether oxygens (including phenoxy) is 2. The van der Waals surface area contributed by atoms with Crippen molar-refractivity contribution >= 4 is 37.5 Å². The first-order chi connectivity index (χ1) is 15.6. The van der Waals surface area contributed by atoms with Gasteiger partial charge in [0.2, 0.25) is 0 Å². The Morgan fingerprint density at radius 1 is 0.719 bits per heavy atom. The van der Waals surface area contributed by atoms with Crippen molar-refractivity contribution in [3.05, 3.63) is 117 Å². The molecule has 0 aliphatic rings. The summed E-state index contributed by atoms with van der Waals surface area (Å²) in [4.78, 5) is 0. The predicted octanol–water partition coefficient (Wildman–Crippen LogP) is 8.50. The van der Waals surface area contributed by atoms with E-state index in [4.69, 9.17) is 9.47 Å². The Morgan fingerprint density at radius 3 is 2.00 bits per heavy atom. The van der Waals surface area contributed by atoms with Crippen molar-refractivity contribution < 1.29 is 9.47 Å². The van der Waals surface area contributed by atoms with Crippen LogP contribution in [0.25, 0.3) is 0 Å². The van der Waals surface area contributed by atoms with Gasteiger partial charge in [-0.15, -0.1) is 0 Å². The van der Waals surface area contributed by atoms with E-state index in [-0.39, 0.29) is 0 Å². The molecular formula is C27H23Br2NO2. The van der Waals surface area contributed by atoms with Gasteiger partial charge in [0.15, 0.2) is 0 Å². The van der Waals surface area contributed by atoms with Gasteiger partial charge in [-0.1, -0.05) is 48.0 Å². The third-order valence-corrected chi connectivity index (χ3v) is 6.07. The Kier molecular flexibility index (Phi) is 7.51. The van der Waals surface area contributed by atoms with E-state index in [0.717, 1.165) is 43.0 Å². The lowest BCUT2D eigenvalue weighted by molar-refractivity contribution is 0.302. The minimum absolute atomic E-state index is 0.520. The summed E-state index contributed by atoms with van der Waals surface area (Å²) in [5.74, 6) is 2.44. The molecule has 0 fully saturated rings. The molecule has 0 unspecified atom stereocenters. The number of anilines is 1. The van der Waals surface area contributed by atoms with E-state index in [1.165, 1.54) is 5.56 Å². The quantitative estimate of drug-likeness (QED) is 0.237. The van der Waals surface area contributed by atoms with E-state index < -0.39 is 0 Å². The summed E-state index contributed by atoms with van der Waals surface area (Å²) >= 11 is 7.30. The van der Waals surface area contributed by atoms with E-state index in [2.05, 4.69) is 80.5 Å². The minimum Gasteiger partial charge on any atom is -0.487 e.